The Balaban J connectivity index is 1.67. The molecule has 1 saturated carbocycles. The summed E-state index contributed by atoms with van der Waals surface area (Å²) in [6.07, 6.45) is 4.34. The number of anilines is 1. The molecule has 0 spiro atoms. The molecule has 6 nitrogen and oxygen atoms in total. The summed E-state index contributed by atoms with van der Waals surface area (Å²) >= 11 is 0. The Hall–Kier alpha value is -2.24. The zero-order chi connectivity index (χ0) is 13.1. The van der Waals surface area contributed by atoms with Gasteiger partial charge in [0.05, 0.1) is 0 Å². The number of amides is 1. The van der Waals surface area contributed by atoms with E-state index in [-0.39, 0.29) is 11.8 Å². The minimum Gasteiger partial charge on any atom is -0.326 e. The molecule has 0 radical (unpaired) electrons. The fourth-order valence-corrected chi connectivity index (χ4v) is 2.42. The lowest BCUT2D eigenvalue weighted by Gasteiger charge is -2.10. The summed E-state index contributed by atoms with van der Waals surface area (Å²) in [5.41, 5.74) is 1.68. The summed E-state index contributed by atoms with van der Waals surface area (Å²) in [5, 5.41) is 16.7. The van der Waals surface area contributed by atoms with E-state index in [2.05, 4.69) is 25.9 Å². The van der Waals surface area contributed by atoms with Crippen molar-refractivity contribution in [1.82, 2.24) is 20.6 Å². The van der Waals surface area contributed by atoms with Crippen LogP contribution in [0.1, 0.15) is 25.7 Å². The zero-order valence-corrected chi connectivity index (χ0v) is 10.5. The van der Waals surface area contributed by atoms with Crippen LogP contribution in [0.4, 0.5) is 5.69 Å². The maximum atomic E-state index is 12.0. The Labute approximate surface area is 110 Å². The zero-order valence-electron chi connectivity index (χ0n) is 10.5. The second kappa shape index (κ2) is 5.17. The molecule has 2 N–H and O–H groups in total. The highest BCUT2D eigenvalue weighted by molar-refractivity contribution is 5.92. The maximum Gasteiger partial charge on any atom is 0.227 e. The van der Waals surface area contributed by atoms with E-state index in [1.54, 1.807) is 0 Å². The van der Waals surface area contributed by atoms with Crippen LogP contribution < -0.4 is 5.32 Å². The van der Waals surface area contributed by atoms with Gasteiger partial charge in [0, 0.05) is 17.2 Å². The van der Waals surface area contributed by atoms with Gasteiger partial charge in [0.15, 0.2) is 0 Å². The highest BCUT2D eigenvalue weighted by Gasteiger charge is 2.22. The number of rotatable bonds is 3. The molecule has 0 unspecified atom stereocenters. The Bertz CT molecular complexity index is 543. The van der Waals surface area contributed by atoms with Gasteiger partial charge in [-0.1, -0.05) is 12.8 Å². The number of benzene rings is 1. The predicted molar refractivity (Wildman–Crippen MR) is 70.2 cm³/mol. The number of aromatic amines is 1. The molecule has 6 heteroatoms. The Morgan fingerprint density at radius 2 is 1.95 bits per heavy atom. The average molecular weight is 257 g/mol. The number of H-pyrrole nitrogens is 1. The lowest BCUT2D eigenvalue weighted by Crippen LogP contribution is -2.20. The number of tetrazole rings is 1. The van der Waals surface area contributed by atoms with E-state index < -0.39 is 0 Å². The second-order valence-electron chi connectivity index (χ2n) is 4.78. The van der Waals surface area contributed by atoms with Crippen molar-refractivity contribution in [1.29, 1.82) is 0 Å². The molecule has 1 fully saturated rings. The largest absolute Gasteiger partial charge is 0.326 e. The number of nitrogens with zero attached hydrogens (tertiary/aromatic N) is 3. The summed E-state index contributed by atoms with van der Waals surface area (Å²) in [7, 11) is 0. The van der Waals surface area contributed by atoms with E-state index >= 15 is 0 Å². The van der Waals surface area contributed by atoms with Gasteiger partial charge in [0.2, 0.25) is 11.7 Å². The lowest BCUT2D eigenvalue weighted by molar-refractivity contribution is -0.119. The molecule has 0 saturated heterocycles. The van der Waals surface area contributed by atoms with Crippen LogP contribution in [0.3, 0.4) is 0 Å². The van der Waals surface area contributed by atoms with Crippen LogP contribution in [0.25, 0.3) is 11.4 Å². The molecular weight excluding hydrogens is 242 g/mol. The van der Waals surface area contributed by atoms with E-state index in [1.807, 2.05) is 24.3 Å². The fourth-order valence-electron chi connectivity index (χ4n) is 2.42. The van der Waals surface area contributed by atoms with Gasteiger partial charge in [-0.25, -0.2) is 0 Å². The molecule has 1 aromatic carbocycles. The van der Waals surface area contributed by atoms with Gasteiger partial charge >= 0.3 is 0 Å². The SMILES string of the molecule is O=C(Nc1ccc(-c2nn[nH]n2)cc1)C1CCCC1. The van der Waals surface area contributed by atoms with E-state index in [1.165, 1.54) is 0 Å². The molecule has 3 rings (SSSR count). The van der Waals surface area contributed by atoms with Crippen LogP contribution in [0.15, 0.2) is 24.3 Å². The minimum absolute atomic E-state index is 0.129. The molecule has 1 heterocycles. The minimum atomic E-state index is 0.129. The van der Waals surface area contributed by atoms with Gasteiger partial charge in [-0.05, 0) is 42.3 Å². The second-order valence-corrected chi connectivity index (χ2v) is 4.78. The van der Waals surface area contributed by atoms with Crippen LogP contribution >= 0.6 is 0 Å². The first-order chi connectivity index (χ1) is 9.33. The van der Waals surface area contributed by atoms with Crippen molar-refractivity contribution in [3.8, 4) is 11.4 Å². The molecule has 0 bridgehead atoms. The first kappa shape index (κ1) is 11.8. The lowest BCUT2D eigenvalue weighted by atomic mass is 10.1. The maximum absolute atomic E-state index is 12.0. The van der Waals surface area contributed by atoms with Crippen molar-refractivity contribution in [2.75, 3.05) is 5.32 Å². The summed E-state index contributed by atoms with van der Waals surface area (Å²) in [6, 6.07) is 7.46. The van der Waals surface area contributed by atoms with Crippen molar-refractivity contribution in [2.45, 2.75) is 25.7 Å². The average Bonchev–Trinajstić information content (AvgIpc) is 3.13. The topological polar surface area (TPSA) is 83.6 Å². The van der Waals surface area contributed by atoms with Gasteiger partial charge < -0.3 is 5.32 Å². The molecule has 2 aromatic rings. The van der Waals surface area contributed by atoms with E-state index in [0.29, 0.717) is 5.82 Å². The first-order valence-corrected chi connectivity index (χ1v) is 6.48. The van der Waals surface area contributed by atoms with Crippen molar-refractivity contribution in [2.24, 2.45) is 5.92 Å². The van der Waals surface area contributed by atoms with Crippen LogP contribution in [-0.4, -0.2) is 26.5 Å². The number of carbonyl (C=O) groups is 1. The van der Waals surface area contributed by atoms with Crippen LogP contribution in [-0.2, 0) is 4.79 Å². The van der Waals surface area contributed by atoms with Crippen LogP contribution in [0.2, 0.25) is 0 Å². The van der Waals surface area contributed by atoms with Crippen LogP contribution in [0.5, 0.6) is 0 Å². The quantitative estimate of drug-likeness (QED) is 0.880. The van der Waals surface area contributed by atoms with Crippen molar-refractivity contribution in [3.05, 3.63) is 24.3 Å². The van der Waals surface area contributed by atoms with Gasteiger partial charge in [0.1, 0.15) is 0 Å². The van der Waals surface area contributed by atoms with Gasteiger partial charge in [0.25, 0.3) is 0 Å². The highest BCUT2D eigenvalue weighted by Crippen LogP contribution is 2.26. The number of nitrogens with one attached hydrogen (secondary N) is 2. The van der Waals surface area contributed by atoms with Crippen molar-refractivity contribution < 1.29 is 4.79 Å². The molecule has 19 heavy (non-hydrogen) atoms. The summed E-state index contributed by atoms with van der Waals surface area (Å²) in [6.45, 7) is 0. The monoisotopic (exact) mass is 257 g/mol. The van der Waals surface area contributed by atoms with Crippen molar-refractivity contribution >= 4 is 11.6 Å². The number of aromatic nitrogens is 4. The number of hydrogen-bond acceptors (Lipinski definition) is 4. The van der Waals surface area contributed by atoms with E-state index in [4.69, 9.17) is 0 Å². The van der Waals surface area contributed by atoms with Gasteiger partial charge in [-0.15, -0.1) is 10.2 Å². The number of carbonyl (C=O) groups excluding carboxylic acids is 1. The third-order valence-electron chi connectivity index (χ3n) is 3.48. The standard InChI is InChI=1S/C13H15N5O/c19-13(10-3-1-2-4-10)14-11-7-5-9(6-8-11)12-15-17-18-16-12/h5-8,10H,1-4H2,(H,14,19)(H,15,16,17,18). The van der Waals surface area contributed by atoms with Crippen molar-refractivity contribution in [3.63, 3.8) is 0 Å². The van der Waals surface area contributed by atoms with Gasteiger partial charge in [-0.2, -0.15) is 5.21 Å². The molecule has 1 aliphatic carbocycles. The summed E-state index contributed by atoms with van der Waals surface area (Å²) in [4.78, 5) is 12.0. The molecule has 0 atom stereocenters. The number of hydrogen-bond donors (Lipinski definition) is 2. The Morgan fingerprint density at radius 1 is 1.21 bits per heavy atom. The summed E-state index contributed by atoms with van der Waals surface area (Å²) < 4.78 is 0. The Morgan fingerprint density at radius 3 is 2.58 bits per heavy atom. The third-order valence-corrected chi connectivity index (χ3v) is 3.48. The smallest absolute Gasteiger partial charge is 0.227 e. The Kier molecular flexibility index (Phi) is 3.22. The molecule has 1 amide bonds. The first-order valence-electron chi connectivity index (χ1n) is 6.48. The molecule has 1 aliphatic rings. The van der Waals surface area contributed by atoms with E-state index in [9.17, 15) is 4.79 Å². The molecule has 1 aromatic heterocycles. The third kappa shape index (κ3) is 2.62. The van der Waals surface area contributed by atoms with E-state index in [0.717, 1.165) is 36.9 Å². The van der Waals surface area contributed by atoms with Crippen LogP contribution in [0, 0.1) is 5.92 Å². The fraction of sp³-hybridized carbons (Fsp3) is 0.385. The molecule has 98 valence electrons. The highest BCUT2D eigenvalue weighted by atomic mass is 16.1. The van der Waals surface area contributed by atoms with Gasteiger partial charge in [-0.3, -0.25) is 4.79 Å². The predicted octanol–water partition coefficient (Wildman–Crippen LogP) is 2.00. The summed E-state index contributed by atoms with van der Waals surface area (Å²) in [5.74, 6) is 0.857. The normalized spacial score (nSPS) is 15.6. The molecular formula is C13H15N5O. The molecule has 0 aliphatic heterocycles.